The molecule has 3 aromatic rings. The molecule has 0 bridgehead atoms. The van der Waals surface area contributed by atoms with Crippen LogP contribution in [0.1, 0.15) is 0 Å². The Bertz CT molecular complexity index is 923. The molecule has 1 aliphatic heterocycles. The highest BCUT2D eigenvalue weighted by molar-refractivity contribution is 5.96. The van der Waals surface area contributed by atoms with E-state index in [1.807, 2.05) is 24.3 Å². The summed E-state index contributed by atoms with van der Waals surface area (Å²) in [6.45, 7) is 2.92. The number of carbonyl (C=O) groups excluding carboxylic acids is 1. The molecule has 142 valence electrons. The summed E-state index contributed by atoms with van der Waals surface area (Å²) in [4.78, 5) is 23.1. The van der Waals surface area contributed by atoms with Crippen LogP contribution in [0.25, 0.3) is 22.4 Å². The number of aromatic nitrogens is 4. The summed E-state index contributed by atoms with van der Waals surface area (Å²) in [6.07, 6.45) is 1.66. The average Bonchev–Trinajstić information content (AvgIpc) is 3.10. The zero-order valence-corrected chi connectivity index (χ0v) is 15.5. The summed E-state index contributed by atoms with van der Waals surface area (Å²) in [6, 6.07) is 7.38. The lowest BCUT2D eigenvalue weighted by atomic mass is 10.1. The SMILES string of the molecule is COc1ccc(-c2cnc3n[nH]c(NC(=O)N4CCNCC4)c3n2)cc1.Cl. The summed E-state index contributed by atoms with van der Waals surface area (Å²) in [5.74, 6) is 1.22. The molecule has 0 radical (unpaired) electrons. The number of fused-ring (bicyclic) bond motifs is 1. The molecule has 0 unspecified atom stereocenters. The van der Waals surface area contributed by atoms with Crippen molar-refractivity contribution in [3.8, 4) is 17.0 Å². The van der Waals surface area contributed by atoms with Gasteiger partial charge in [-0.2, -0.15) is 5.10 Å². The van der Waals surface area contributed by atoms with Crippen LogP contribution in [0.4, 0.5) is 10.6 Å². The lowest BCUT2D eigenvalue weighted by molar-refractivity contribution is 0.204. The van der Waals surface area contributed by atoms with Crippen molar-refractivity contribution in [3.63, 3.8) is 0 Å². The number of hydrogen-bond acceptors (Lipinski definition) is 6. The Hall–Kier alpha value is -2.91. The van der Waals surface area contributed by atoms with E-state index in [0.29, 0.717) is 35.8 Å². The first-order chi connectivity index (χ1) is 12.7. The first kappa shape index (κ1) is 18.9. The van der Waals surface area contributed by atoms with Gasteiger partial charge in [0, 0.05) is 31.7 Å². The Kier molecular flexibility index (Phi) is 5.72. The predicted octanol–water partition coefficient (Wildman–Crippen LogP) is 1.89. The van der Waals surface area contributed by atoms with Crippen molar-refractivity contribution in [2.45, 2.75) is 0 Å². The number of benzene rings is 1. The normalized spacial score (nSPS) is 13.9. The van der Waals surface area contributed by atoms with Crippen LogP contribution < -0.4 is 15.4 Å². The maximum absolute atomic E-state index is 12.4. The van der Waals surface area contributed by atoms with Crippen LogP contribution in [0, 0.1) is 0 Å². The second-order valence-electron chi connectivity index (χ2n) is 5.92. The zero-order valence-electron chi connectivity index (χ0n) is 14.7. The van der Waals surface area contributed by atoms with Crippen molar-refractivity contribution in [1.82, 2.24) is 30.4 Å². The highest BCUT2D eigenvalue weighted by Crippen LogP contribution is 2.24. The number of piperazine rings is 1. The molecule has 27 heavy (non-hydrogen) atoms. The first-order valence-corrected chi connectivity index (χ1v) is 8.37. The fraction of sp³-hybridized carbons (Fsp3) is 0.294. The number of ether oxygens (including phenoxy) is 1. The van der Waals surface area contributed by atoms with Crippen LogP contribution in [0.3, 0.4) is 0 Å². The van der Waals surface area contributed by atoms with E-state index in [0.717, 1.165) is 24.4 Å². The zero-order chi connectivity index (χ0) is 17.9. The highest BCUT2D eigenvalue weighted by atomic mass is 35.5. The van der Waals surface area contributed by atoms with Crippen LogP contribution in [0.15, 0.2) is 30.5 Å². The maximum atomic E-state index is 12.4. The standard InChI is InChI=1S/C17H19N7O2.ClH/c1-26-12-4-2-11(3-5-12)13-10-19-15-14(20-13)16(23-22-15)21-17(25)24-8-6-18-7-9-24;/h2-5,10,18H,6-9H2,1H3,(H2,19,21,22,23,25);1H. The monoisotopic (exact) mass is 389 g/mol. The molecule has 1 saturated heterocycles. The fourth-order valence-corrected chi connectivity index (χ4v) is 2.84. The minimum Gasteiger partial charge on any atom is -0.497 e. The third kappa shape index (κ3) is 3.93. The van der Waals surface area contributed by atoms with Crippen LogP contribution in [-0.2, 0) is 0 Å². The van der Waals surface area contributed by atoms with Gasteiger partial charge in [0.15, 0.2) is 11.3 Å². The summed E-state index contributed by atoms with van der Waals surface area (Å²) >= 11 is 0. The Morgan fingerprint density at radius 1 is 1.22 bits per heavy atom. The molecule has 0 aliphatic carbocycles. The van der Waals surface area contributed by atoms with Gasteiger partial charge in [-0.25, -0.2) is 14.8 Å². The van der Waals surface area contributed by atoms with Crippen molar-refractivity contribution in [3.05, 3.63) is 30.5 Å². The van der Waals surface area contributed by atoms with Crippen LogP contribution in [-0.4, -0.2) is 64.4 Å². The van der Waals surface area contributed by atoms with Gasteiger partial charge in [0.05, 0.1) is 19.0 Å². The number of H-pyrrole nitrogens is 1. The fourth-order valence-electron chi connectivity index (χ4n) is 2.84. The van der Waals surface area contributed by atoms with Gasteiger partial charge in [0.1, 0.15) is 5.75 Å². The largest absolute Gasteiger partial charge is 0.497 e. The van der Waals surface area contributed by atoms with Crippen LogP contribution in [0.5, 0.6) is 5.75 Å². The molecule has 9 nitrogen and oxygen atoms in total. The Morgan fingerprint density at radius 2 is 1.96 bits per heavy atom. The van der Waals surface area contributed by atoms with Gasteiger partial charge in [0.2, 0.25) is 5.65 Å². The van der Waals surface area contributed by atoms with Crippen molar-refractivity contribution >= 4 is 35.4 Å². The molecule has 3 heterocycles. The van der Waals surface area contributed by atoms with Crippen LogP contribution in [0.2, 0.25) is 0 Å². The number of methoxy groups -OCH3 is 1. The van der Waals surface area contributed by atoms with E-state index in [-0.39, 0.29) is 18.4 Å². The molecule has 1 aromatic carbocycles. The molecule has 2 amide bonds. The Balaban J connectivity index is 0.00000210. The highest BCUT2D eigenvalue weighted by Gasteiger charge is 2.19. The number of halogens is 1. The molecule has 3 N–H and O–H groups in total. The van der Waals surface area contributed by atoms with E-state index >= 15 is 0 Å². The number of urea groups is 1. The molecule has 0 atom stereocenters. The van der Waals surface area contributed by atoms with Crippen molar-refractivity contribution < 1.29 is 9.53 Å². The smallest absolute Gasteiger partial charge is 0.323 e. The molecule has 0 spiro atoms. The van der Waals surface area contributed by atoms with Crippen molar-refractivity contribution in [2.75, 3.05) is 38.6 Å². The molecule has 1 fully saturated rings. The molecular weight excluding hydrogens is 370 g/mol. The van der Waals surface area contributed by atoms with Gasteiger partial charge in [-0.15, -0.1) is 12.4 Å². The number of rotatable bonds is 3. The number of hydrogen-bond donors (Lipinski definition) is 3. The summed E-state index contributed by atoms with van der Waals surface area (Å²) < 4.78 is 5.18. The minimum absolute atomic E-state index is 0. The summed E-state index contributed by atoms with van der Waals surface area (Å²) in [5.41, 5.74) is 2.58. The van der Waals surface area contributed by atoms with Gasteiger partial charge < -0.3 is 15.0 Å². The number of carbonyl (C=O) groups is 1. The van der Waals surface area contributed by atoms with Crippen molar-refractivity contribution in [1.29, 1.82) is 0 Å². The predicted molar refractivity (Wildman–Crippen MR) is 104 cm³/mol. The van der Waals surface area contributed by atoms with E-state index in [9.17, 15) is 4.79 Å². The number of amides is 2. The summed E-state index contributed by atoms with van der Waals surface area (Å²) in [7, 11) is 1.62. The van der Waals surface area contributed by atoms with E-state index in [1.165, 1.54) is 0 Å². The first-order valence-electron chi connectivity index (χ1n) is 8.37. The second-order valence-corrected chi connectivity index (χ2v) is 5.92. The maximum Gasteiger partial charge on any atom is 0.323 e. The van der Waals surface area contributed by atoms with Gasteiger partial charge >= 0.3 is 6.03 Å². The Morgan fingerprint density at radius 3 is 2.67 bits per heavy atom. The summed E-state index contributed by atoms with van der Waals surface area (Å²) in [5, 5.41) is 13.0. The minimum atomic E-state index is -0.172. The number of nitrogens with one attached hydrogen (secondary N) is 3. The van der Waals surface area contributed by atoms with E-state index < -0.39 is 0 Å². The molecule has 2 aromatic heterocycles. The lowest BCUT2D eigenvalue weighted by Gasteiger charge is -2.27. The van der Waals surface area contributed by atoms with Gasteiger partial charge in [-0.1, -0.05) is 0 Å². The van der Waals surface area contributed by atoms with Gasteiger partial charge in [-0.05, 0) is 24.3 Å². The number of anilines is 1. The number of nitrogens with zero attached hydrogens (tertiary/aromatic N) is 4. The van der Waals surface area contributed by atoms with E-state index in [1.54, 1.807) is 18.2 Å². The topological polar surface area (TPSA) is 108 Å². The lowest BCUT2D eigenvalue weighted by Crippen LogP contribution is -2.48. The third-order valence-electron chi connectivity index (χ3n) is 4.29. The molecule has 1 aliphatic rings. The van der Waals surface area contributed by atoms with Crippen LogP contribution >= 0.6 is 12.4 Å². The van der Waals surface area contributed by atoms with Gasteiger partial charge in [-0.3, -0.25) is 10.4 Å². The quantitative estimate of drug-likeness (QED) is 0.631. The number of aromatic amines is 1. The molecule has 4 rings (SSSR count). The van der Waals surface area contributed by atoms with Gasteiger partial charge in [0.25, 0.3) is 0 Å². The van der Waals surface area contributed by atoms with E-state index in [4.69, 9.17) is 4.74 Å². The van der Waals surface area contributed by atoms with E-state index in [2.05, 4.69) is 30.8 Å². The molecule has 10 heteroatoms. The molecular formula is C17H20ClN7O2. The second kappa shape index (κ2) is 8.19. The molecule has 0 saturated carbocycles. The Labute approximate surface area is 161 Å². The average molecular weight is 390 g/mol. The van der Waals surface area contributed by atoms with Crippen molar-refractivity contribution in [2.24, 2.45) is 0 Å². The third-order valence-corrected chi connectivity index (χ3v) is 4.29.